The zero-order chi connectivity index (χ0) is 20.5. The molecule has 1 aromatic heterocycles. The average molecular weight is 423 g/mol. The Morgan fingerprint density at radius 2 is 2.07 bits per heavy atom. The Labute approximate surface area is 167 Å². The number of aliphatic hydroxyl groups is 1. The molecule has 2 fully saturated rings. The number of rotatable bonds is 6. The van der Waals surface area contributed by atoms with Gasteiger partial charge in [-0.2, -0.15) is 4.98 Å². The highest BCUT2D eigenvalue weighted by Gasteiger charge is 2.46. The predicted octanol–water partition coefficient (Wildman–Crippen LogP) is 1.04. The lowest BCUT2D eigenvalue weighted by atomic mass is 9.78. The van der Waals surface area contributed by atoms with Crippen LogP contribution in [0.4, 0.5) is 16.2 Å². The third-order valence-electron chi connectivity index (χ3n) is 5.16. The van der Waals surface area contributed by atoms with Crippen LogP contribution in [-0.2, 0) is 14.8 Å². The Kier molecular flexibility index (Phi) is 5.38. The number of aromatic nitrogens is 2. The monoisotopic (exact) mass is 423 g/mol. The topological polar surface area (TPSA) is 117 Å². The van der Waals surface area contributed by atoms with Crippen molar-refractivity contribution in [3.63, 3.8) is 0 Å². The molecule has 2 aliphatic rings. The first-order chi connectivity index (χ1) is 13.9. The minimum absolute atomic E-state index is 0.0365. The van der Waals surface area contributed by atoms with Crippen LogP contribution in [0.2, 0.25) is 0 Å². The van der Waals surface area contributed by atoms with Gasteiger partial charge in [-0.05, 0) is 31.4 Å². The first-order valence-electron chi connectivity index (χ1n) is 9.30. The van der Waals surface area contributed by atoms with Crippen LogP contribution in [0, 0.1) is 5.82 Å². The molecule has 1 saturated carbocycles. The summed E-state index contributed by atoms with van der Waals surface area (Å²) in [5.41, 5.74) is 2.03. The van der Waals surface area contributed by atoms with Crippen LogP contribution in [0.5, 0.6) is 0 Å². The highest BCUT2D eigenvalue weighted by atomic mass is 32.2. The SMILES string of the molecule is O=S(=O)(NNc1ncc(F)c(N2C[C@H](CO)OC3(CCC3)C2)n1)c1ccccc1. The number of hydrogen-bond donors (Lipinski definition) is 3. The largest absolute Gasteiger partial charge is 0.394 e. The average Bonchev–Trinajstić information content (AvgIpc) is 2.72. The van der Waals surface area contributed by atoms with E-state index in [9.17, 15) is 17.9 Å². The Morgan fingerprint density at radius 1 is 1.31 bits per heavy atom. The van der Waals surface area contributed by atoms with Gasteiger partial charge in [-0.3, -0.25) is 5.43 Å². The molecule has 0 unspecified atom stereocenters. The summed E-state index contributed by atoms with van der Waals surface area (Å²) in [6, 6.07) is 7.81. The van der Waals surface area contributed by atoms with Crippen LogP contribution in [0.3, 0.4) is 0 Å². The van der Waals surface area contributed by atoms with E-state index in [4.69, 9.17) is 4.74 Å². The summed E-state index contributed by atoms with van der Waals surface area (Å²) in [6.45, 7) is 0.556. The highest BCUT2D eigenvalue weighted by molar-refractivity contribution is 7.89. The van der Waals surface area contributed by atoms with Crippen molar-refractivity contribution in [2.45, 2.75) is 35.9 Å². The van der Waals surface area contributed by atoms with Gasteiger partial charge < -0.3 is 14.7 Å². The molecular weight excluding hydrogens is 401 g/mol. The second kappa shape index (κ2) is 7.82. The Balaban J connectivity index is 1.52. The summed E-state index contributed by atoms with van der Waals surface area (Å²) in [6.07, 6.45) is 3.25. The molecule has 1 atom stereocenters. The van der Waals surface area contributed by atoms with Gasteiger partial charge in [-0.1, -0.05) is 18.2 Å². The van der Waals surface area contributed by atoms with Crippen LogP contribution >= 0.6 is 0 Å². The fourth-order valence-corrected chi connectivity index (χ4v) is 4.46. The standard InChI is InChI=1S/C18H22FN5O4S/c19-15-9-20-17(22-23-29(26,27)14-5-2-1-3-6-14)21-16(15)24-10-13(11-25)28-18(12-24)7-4-8-18/h1-3,5-6,9,13,23,25H,4,7-8,10-12H2,(H,20,21,22)/t13-/m1/s1. The van der Waals surface area contributed by atoms with Crippen LogP contribution in [0.15, 0.2) is 41.4 Å². The fourth-order valence-electron chi connectivity index (χ4n) is 3.60. The molecular formula is C18H22FN5O4S. The molecule has 156 valence electrons. The summed E-state index contributed by atoms with van der Waals surface area (Å²) < 4.78 is 45.0. The van der Waals surface area contributed by atoms with Gasteiger partial charge in [-0.15, -0.1) is 4.83 Å². The summed E-state index contributed by atoms with van der Waals surface area (Å²) in [4.78, 5) is 11.9. The van der Waals surface area contributed by atoms with Crippen molar-refractivity contribution in [1.82, 2.24) is 14.8 Å². The molecule has 1 spiro atoms. The summed E-state index contributed by atoms with van der Waals surface area (Å²) >= 11 is 0. The van der Waals surface area contributed by atoms with E-state index < -0.39 is 27.5 Å². The van der Waals surface area contributed by atoms with Crippen molar-refractivity contribution in [2.75, 3.05) is 30.0 Å². The number of nitrogens with one attached hydrogen (secondary N) is 2. The lowest BCUT2D eigenvalue weighted by Gasteiger charge is -2.51. The first kappa shape index (κ1) is 20.0. The van der Waals surface area contributed by atoms with Gasteiger partial charge in [0.2, 0.25) is 5.95 Å². The van der Waals surface area contributed by atoms with Crippen LogP contribution in [0.25, 0.3) is 0 Å². The maximum Gasteiger partial charge on any atom is 0.257 e. The number of hydrogen-bond acceptors (Lipinski definition) is 8. The van der Waals surface area contributed by atoms with E-state index in [1.165, 1.54) is 12.1 Å². The minimum Gasteiger partial charge on any atom is -0.394 e. The number of morpholine rings is 1. The molecule has 2 aromatic rings. The molecule has 0 bridgehead atoms. The van der Waals surface area contributed by atoms with E-state index in [0.29, 0.717) is 6.54 Å². The van der Waals surface area contributed by atoms with Crippen molar-refractivity contribution in [2.24, 2.45) is 0 Å². The number of ether oxygens (including phenoxy) is 1. The normalized spacial score (nSPS) is 21.0. The summed E-state index contributed by atoms with van der Waals surface area (Å²) in [7, 11) is -3.83. The van der Waals surface area contributed by atoms with Gasteiger partial charge in [0.25, 0.3) is 10.0 Å². The second-order valence-corrected chi connectivity index (χ2v) is 8.93. The van der Waals surface area contributed by atoms with Gasteiger partial charge >= 0.3 is 0 Å². The van der Waals surface area contributed by atoms with Crippen molar-refractivity contribution in [3.8, 4) is 0 Å². The minimum atomic E-state index is -3.83. The Morgan fingerprint density at radius 3 is 2.72 bits per heavy atom. The number of benzene rings is 1. The zero-order valence-corrected chi connectivity index (χ0v) is 16.4. The molecule has 1 saturated heterocycles. The fraction of sp³-hybridized carbons (Fsp3) is 0.444. The van der Waals surface area contributed by atoms with E-state index in [0.717, 1.165) is 25.5 Å². The maximum absolute atomic E-state index is 14.5. The predicted molar refractivity (Wildman–Crippen MR) is 103 cm³/mol. The van der Waals surface area contributed by atoms with E-state index in [2.05, 4.69) is 20.2 Å². The number of hydrazine groups is 1. The maximum atomic E-state index is 14.5. The van der Waals surface area contributed by atoms with Crippen molar-refractivity contribution in [1.29, 1.82) is 0 Å². The number of sulfonamides is 1. The Bertz CT molecular complexity index is 971. The Hall–Kier alpha value is -2.34. The van der Waals surface area contributed by atoms with Crippen LogP contribution in [-0.4, -0.2) is 54.9 Å². The van der Waals surface area contributed by atoms with Crippen LogP contribution < -0.4 is 15.2 Å². The van der Waals surface area contributed by atoms with Crippen molar-refractivity contribution < 1.29 is 22.7 Å². The third-order valence-corrected chi connectivity index (χ3v) is 6.43. The lowest BCUT2D eigenvalue weighted by molar-refractivity contribution is -0.159. The molecule has 9 nitrogen and oxygen atoms in total. The first-order valence-corrected chi connectivity index (χ1v) is 10.8. The quantitative estimate of drug-likeness (QED) is 0.590. The van der Waals surface area contributed by atoms with Crippen molar-refractivity contribution >= 4 is 21.8 Å². The van der Waals surface area contributed by atoms with Crippen LogP contribution in [0.1, 0.15) is 19.3 Å². The van der Waals surface area contributed by atoms with Gasteiger partial charge in [0.1, 0.15) is 0 Å². The molecule has 3 N–H and O–H groups in total. The molecule has 29 heavy (non-hydrogen) atoms. The second-order valence-electron chi connectivity index (χ2n) is 7.25. The smallest absolute Gasteiger partial charge is 0.257 e. The molecule has 2 heterocycles. The molecule has 0 radical (unpaired) electrons. The number of aliphatic hydroxyl groups excluding tert-OH is 1. The van der Waals surface area contributed by atoms with Gasteiger partial charge in [0.05, 0.1) is 29.4 Å². The van der Waals surface area contributed by atoms with E-state index in [-0.39, 0.29) is 29.8 Å². The lowest BCUT2D eigenvalue weighted by Crippen LogP contribution is -2.60. The van der Waals surface area contributed by atoms with Gasteiger partial charge in [0.15, 0.2) is 11.6 Å². The molecule has 1 aromatic carbocycles. The highest BCUT2D eigenvalue weighted by Crippen LogP contribution is 2.41. The van der Waals surface area contributed by atoms with Gasteiger partial charge in [-0.25, -0.2) is 17.8 Å². The van der Waals surface area contributed by atoms with E-state index in [1.54, 1.807) is 23.1 Å². The van der Waals surface area contributed by atoms with E-state index in [1.807, 2.05) is 0 Å². The van der Waals surface area contributed by atoms with Gasteiger partial charge in [0, 0.05) is 13.1 Å². The molecule has 1 aliphatic carbocycles. The number of nitrogens with zero attached hydrogens (tertiary/aromatic N) is 3. The molecule has 11 heteroatoms. The summed E-state index contributed by atoms with van der Waals surface area (Å²) in [5, 5.41) is 9.55. The van der Waals surface area contributed by atoms with E-state index >= 15 is 0 Å². The molecule has 4 rings (SSSR count). The third kappa shape index (κ3) is 4.17. The zero-order valence-electron chi connectivity index (χ0n) is 15.6. The number of anilines is 2. The molecule has 1 aliphatic heterocycles. The number of halogens is 1. The summed E-state index contributed by atoms with van der Waals surface area (Å²) in [5.74, 6) is -0.681. The van der Waals surface area contributed by atoms with Crippen molar-refractivity contribution in [3.05, 3.63) is 42.3 Å². The molecule has 0 amide bonds.